The van der Waals surface area contributed by atoms with Gasteiger partial charge in [0.1, 0.15) is 0 Å². The summed E-state index contributed by atoms with van der Waals surface area (Å²) in [7, 11) is 3.64. The Hall–Kier alpha value is -2.29. The maximum atomic E-state index is 12.4. The first-order valence-corrected chi connectivity index (χ1v) is 6.28. The third kappa shape index (κ3) is 3.13. The van der Waals surface area contributed by atoms with E-state index in [9.17, 15) is 4.79 Å². The van der Waals surface area contributed by atoms with Gasteiger partial charge in [-0.2, -0.15) is 0 Å². The molecule has 98 valence electrons. The van der Waals surface area contributed by atoms with Crippen molar-refractivity contribution < 1.29 is 4.79 Å². The Morgan fingerprint density at radius 2 is 1.68 bits per heavy atom. The molecule has 0 aliphatic heterocycles. The van der Waals surface area contributed by atoms with E-state index in [-0.39, 0.29) is 5.91 Å². The topological polar surface area (TPSA) is 32.3 Å². The van der Waals surface area contributed by atoms with Gasteiger partial charge in [0.05, 0.1) is 5.56 Å². The van der Waals surface area contributed by atoms with Gasteiger partial charge in [0.25, 0.3) is 5.91 Å². The Kier molecular flexibility index (Phi) is 4.18. The van der Waals surface area contributed by atoms with Gasteiger partial charge in [0, 0.05) is 26.3 Å². The van der Waals surface area contributed by atoms with Gasteiger partial charge < -0.3 is 10.2 Å². The highest BCUT2D eigenvalue weighted by atomic mass is 16.2. The van der Waals surface area contributed by atoms with E-state index >= 15 is 0 Å². The molecule has 19 heavy (non-hydrogen) atoms. The van der Waals surface area contributed by atoms with E-state index in [0.29, 0.717) is 12.1 Å². The molecule has 2 rings (SSSR count). The zero-order chi connectivity index (χ0) is 13.7. The van der Waals surface area contributed by atoms with Crippen LogP contribution < -0.4 is 5.32 Å². The van der Waals surface area contributed by atoms with Gasteiger partial charge in [-0.1, -0.05) is 42.5 Å². The van der Waals surface area contributed by atoms with Crippen molar-refractivity contribution in [1.29, 1.82) is 0 Å². The Bertz CT molecular complexity index is 552. The third-order valence-corrected chi connectivity index (χ3v) is 3.04. The molecule has 0 bridgehead atoms. The van der Waals surface area contributed by atoms with Gasteiger partial charge in [-0.15, -0.1) is 0 Å². The minimum absolute atomic E-state index is 0.0220. The zero-order valence-electron chi connectivity index (χ0n) is 11.3. The first kappa shape index (κ1) is 13.1. The van der Waals surface area contributed by atoms with Gasteiger partial charge in [-0.3, -0.25) is 4.79 Å². The lowest BCUT2D eigenvalue weighted by Gasteiger charge is -2.19. The molecule has 0 aliphatic rings. The molecule has 3 heteroatoms. The molecule has 0 fully saturated rings. The Labute approximate surface area is 113 Å². The van der Waals surface area contributed by atoms with Crippen molar-refractivity contribution in [2.75, 3.05) is 19.4 Å². The van der Waals surface area contributed by atoms with Crippen molar-refractivity contribution in [1.82, 2.24) is 4.90 Å². The van der Waals surface area contributed by atoms with Crippen LogP contribution in [0.5, 0.6) is 0 Å². The number of anilines is 1. The number of amides is 1. The molecule has 0 saturated carbocycles. The lowest BCUT2D eigenvalue weighted by molar-refractivity contribution is 0.0786. The van der Waals surface area contributed by atoms with Crippen LogP contribution in [0.4, 0.5) is 5.69 Å². The van der Waals surface area contributed by atoms with Crippen LogP contribution in [-0.4, -0.2) is 24.9 Å². The number of hydrogen-bond donors (Lipinski definition) is 1. The van der Waals surface area contributed by atoms with Gasteiger partial charge in [-0.25, -0.2) is 0 Å². The molecule has 2 aromatic carbocycles. The minimum atomic E-state index is 0.0220. The van der Waals surface area contributed by atoms with Crippen LogP contribution in [0, 0.1) is 0 Å². The molecule has 1 amide bonds. The lowest BCUT2D eigenvalue weighted by atomic mass is 10.1. The normalized spacial score (nSPS) is 10.0. The number of benzene rings is 2. The quantitative estimate of drug-likeness (QED) is 0.909. The van der Waals surface area contributed by atoms with Crippen molar-refractivity contribution >= 4 is 11.6 Å². The summed E-state index contributed by atoms with van der Waals surface area (Å²) in [6.45, 7) is 0.609. The van der Waals surface area contributed by atoms with E-state index < -0.39 is 0 Å². The molecule has 3 nitrogen and oxygen atoms in total. The molecule has 0 aliphatic carbocycles. The fourth-order valence-corrected chi connectivity index (χ4v) is 2.02. The third-order valence-electron chi connectivity index (χ3n) is 3.04. The maximum Gasteiger partial charge on any atom is 0.255 e. The van der Waals surface area contributed by atoms with Crippen molar-refractivity contribution in [3.8, 4) is 0 Å². The Morgan fingerprint density at radius 1 is 1.05 bits per heavy atom. The summed E-state index contributed by atoms with van der Waals surface area (Å²) in [4.78, 5) is 14.1. The van der Waals surface area contributed by atoms with Crippen LogP contribution in [0.2, 0.25) is 0 Å². The number of carbonyl (C=O) groups excluding carboxylic acids is 1. The van der Waals surface area contributed by atoms with E-state index in [1.54, 1.807) is 4.90 Å². The molecular formula is C16H18N2O. The van der Waals surface area contributed by atoms with Crippen LogP contribution in [0.3, 0.4) is 0 Å². The average Bonchev–Trinajstić information content (AvgIpc) is 2.47. The zero-order valence-corrected chi connectivity index (χ0v) is 11.3. The predicted molar refractivity (Wildman–Crippen MR) is 78.2 cm³/mol. The molecule has 1 N–H and O–H groups in total. The molecule has 0 radical (unpaired) electrons. The molecule has 0 heterocycles. The summed E-state index contributed by atoms with van der Waals surface area (Å²) in [6, 6.07) is 17.5. The summed E-state index contributed by atoms with van der Waals surface area (Å²) in [5.41, 5.74) is 2.68. The molecule has 0 unspecified atom stereocenters. The van der Waals surface area contributed by atoms with Gasteiger partial charge in [-0.05, 0) is 17.7 Å². The number of rotatable bonds is 4. The summed E-state index contributed by atoms with van der Waals surface area (Å²) in [5.74, 6) is 0.0220. The van der Waals surface area contributed by atoms with Crippen molar-refractivity contribution in [3.63, 3.8) is 0 Å². The van der Waals surface area contributed by atoms with Crippen molar-refractivity contribution in [3.05, 3.63) is 65.7 Å². The maximum absolute atomic E-state index is 12.4. The highest BCUT2D eigenvalue weighted by molar-refractivity contribution is 5.99. The monoisotopic (exact) mass is 254 g/mol. The molecule has 0 saturated heterocycles. The van der Waals surface area contributed by atoms with Crippen LogP contribution in [0.25, 0.3) is 0 Å². The predicted octanol–water partition coefficient (Wildman–Crippen LogP) is 3.00. The SMILES string of the molecule is CNc1ccccc1C(=O)N(C)Cc1ccccc1. The number of hydrogen-bond acceptors (Lipinski definition) is 2. The second kappa shape index (κ2) is 6.05. The second-order valence-corrected chi connectivity index (χ2v) is 4.44. The summed E-state index contributed by atoms with van der Waals surface area (Å²) in [5, 5.41) is 3.05. The summed E-state index contributed by atoms with van der Waals surface area (Å²) < 4.78 is 0. The smallest absolute Gasteiger partial charge is 0.255 e. The number of nitrogens with zero attached hydrogens (tertiary/aromatic N) is 1. The van der Waals surface area contributed by atoms with Crippen LogP contribution in [0.1, 0.15) is 15.9 Å². The van der Waals surface area contributed by atoms with E-state index in [1.807, 2.05) is 68.7 Å². The number of para-hydroxylation sites is 1. The molecule has 0 aromatic heterocycles. The number of nitrogens with one attached hydrogen (secondary N) is 1. The van der Waals surface area contributed by atoms with E-state index in [0.717, 1.165) is 11.3 Å². The van der Waals surface area contributed by atoms with E-state index in [4.69, 9.17) is 0 Å². The van der Waals surface area contributed by atoms with Crippen LogP contribution in [0.15, 0.2) is 54.6 Å². The van der Waals surface area contributed by atoms with Gasteiger partial charge in [0.15, 0.2) is 0 Å². The fourth-order valence-electron chi connectivity index (χ4n) is 2.02. The molecule has 0 spiro atoms. The standard InChI is InChI=1S/C16H18N2O/c1-17-15-11-7-6-10-14(15)16(19)18(2)12-13-8-4-3-5-9-13/h3-11,17H,12H2,1-2H3. The molecule has 0 atom stereocenters. The molecule has 2 aromatic rings. The van der Waals surface area contributed by atoms with E-state index in [1.165, 1.54) is 0 Å². The first-order valence-electron chi connectivity index (χ1n) is 6.28. The average molecular weight is 254 g/mol. The Balaban J connectivity index is 2.15. The van der Waals surface area contributed by atoms with E-state index in [2.05, 4.69) is 5.32 Å². The lowest BCUT2D eigenvalue weighted by Crippen LogP contribution is -2.26. The number of carbonyl (C=O) groups is 1. The van der Waals surface area contributed by atoms with Crippen molar-refractivity contribution in [2.45, 2.75) is 6.54 Å². The van der Waals surface area contributed by atoms with Crippen molar-refractivity contribution in [2.24, 2.45) is 0 Å². The molecular weight excluding hydrogens is 236 g/mol. The Morgan fingerprint density at radius 3 is 2.37 bits per heavy atom. The minimum Gasteiger partial charge on any atom is -0.387 e. The summed E-state index contributed by atoms with van der Waals surface area (Å²) in [6.07, 6.45) is 0. The van der Waals surface area contributed by atoms with Crippen LogP contribution in [-0.2, 0) is 6.54 Å². The van der Waals surface area contributed by atoms with Gasteiger partial charge in [0.2, 0.25) is 0 Å². The first-order chi connectivity index (χ1) is 9.22. The van der Waals surface area contributed by atoms with Crippen LogP contribution >= 0.6 is 0 Å². The second-order valence-electron chi connectivity index (χ2n) is 4.44. The largest absolute Gasteiger partial charge is 0.387 e. The highest BCUT2D eigenvalue weighted by Gasteiger charge is 2.14. The highest BCUT2D eigenvalue weighted by Crippen LogP contribution is 2.17. The summed E-state index contributed by atoms with van der Waals surface area (Å²) >= 11 is 0. The fraction of sp³-hybridized carbons (Fsp3) is 0.188. The van der Waals surface area contributed by atoms with Gasteiger partial charge >= 0.3 is 0 Å².